The van der Waals surface area contributed by atoms with Gasteiger partial charge in [0.05, 0.1) is 14.2 Å². The maximum absolute atomic E-state index is 12.9. The van der Waals surface area contributed by atoms with E-state index >= 15 is 0 Å². The summed E-state index contributed by atoms with van der Waals surface area (Å²) < 4.78 is 22.0. The molecular formula is C25H34N6O5. The van der Waals surface area contributed by atoms with Crippen molar-refractivity contribution >= 4 is 17.5 Å². The van der Waals surface area contributed by atoms with Crippen LogP contribution in [0, 0.1) is 6.92 Å². The number of aromatic nitrogens is 3. The highest BCUT2D eigenvalue weighted by molar-refractivity contribution is 6.04. The minimum atomic E-state index is -0.567. The van der Waals surface area contributed by atoms with Gasteiger partial charge in [0.2, 0.25) is 17.7 Å². The molecule has 0 spiro atoms. The number of hydrogen-bond acceptors (Lipinski definition) is 10. The molecule has 0 aliphatic heterocycles. The van der Waals surface area contributed by atoms with Crippen molar-refractivity contribution < 1.29 is 23.4 Å². The zero-order valence-electron chi connectivity index (χ0n) is 22.1. The van der Waals surface area contributed by atoms with Crippen molar-refractivity contribution in [1.29, 1.82) is 0 Å². The Labute approximate surface area is 211 Å². The zero-order chi connectivity index (χ0) is 26.5. The Bertz CT molecular complexity index is 1180. The molecule has 0 aliphatic carbocycles. The number of rotatable bonds is 10. The number of ether oxygens (including phenoxy) is 3. The van der Waals surface area contributed by atoms with Crippen LogP contribution in [0.15, 0.2) is 28.9 Å². The molecule has 2 heterocycles. The fraction of sp³-hybridized carbons (Fsp3) is 0.440. The van der Waals surface area contributed by atoms with Crippen LogP contribution in [0.1, 0.15) is 42.4 Å². The number of nitrogens with zero attached hydrogens (tertiary/aromatic N) is 4. The van der Waals surface area contributed by atoms with Gasteiger partial charge < -0.3 is 34.2 Å². The molecule has 3 aromatic rings. The van der Waals surface area contributed by atoms with Crippen LogP contribution in [0.2, 0.25) is 0 Å². The fourth-order valence-corrected chi connectivity index (χ4v) is 3.15. The molecule has 2 aromatic heterocycles. The van der Waals surface area contributed by atoms with Gasteiger partial charge >= 0.3 is 6.08 Å². The van der Waals surface area contributed by atoms with E-state index in [1.54, 1.807) is 0 Å². The van der Waals surface area contributed by atoms with Crippen molar-refractivity contribution in [1.82, 2.24) is 19.9 Å². The Morgan fingerprint density at radius 3 is 2.33 bits per heavy atom. The molecule has 2 N–H and O–H groups in total. The van der Waals surface area contributed by atoms with Gasteiger partial charge in [0, 0.05) is 13.1 Å². The maximum Gasteiger partial charge on any atom is 0.399 e. The first-order valence-electron chi connectivity index (χ1n) is 11.5. The minimum Gasteiger partial charge on any atom is -0.479 e. The van der Waals surface area contributed by atoms with Gasteiger partial charge in [-0.15, -0.1) is 0 Å². The van der Waals surface area contributed by atoms with Crippen molar-refractivity contribution in [2.45, 2.75) is 33.1 Å². The lowest BCUT2D eigenvalue weighted by Crippen LogP contribution is -2.22. The Hall–Kier alpha value is -3.86. The summed E-state index contributed by atoms with van der Waals surface area (Å²) in [6, 6.07) is 5.98. The van der Waals surface area contributed by atoms with Gasteiger partial charge in [-0.05, 0) is 43.6 Å². The monoisotopic (exact) mass is 498 g/mol. The largest absolute Gasteiger partial charge is 0.479 e. The number of amides is 1. The van der Waals surface area contributed by atoms with Gasteiger partial charge in [-0.25, -0.2) is 0 Å². The predicted octanol–water partition coefficient (Wildman–Crippen LogP) is 4.11. The molecule has 0 radical (unpaired) electrons. The molecule has 0 unspecified atom stereocenters. The molecule has 0 saturated carbocycles. The van der Waals surface area contributed by atoms with Gasteiger partial charge in [-0.1, -0.05) is 32.9 Å². The number of oxazole rings is 1. The molecule has 1 aromatic carbocycles. The first-order valence-corrected chi connectivity index (χ1v) is 11.5. The number of anilines is 2. The minimum absolute atomic E-state index is 0.00641. The van der Waals surface area contributed by atoms with Gasteiger partial charge in [-0.2, -0.15) is 15.0 Å². The molecule has 194 valence electrons. The molecule has 0 saturated heterocycles. The zero-order valence-corrected chi connectivity index (χ0v) is 22.1. The van der Waals surface area contributed by atoms with E-state index in [1.807, 2.05) is 38.1 Å². The second kappa shape index (κ2) is 11.3. The highest BCUT2D eigenvalue weighted by Gasteiger charge is 2.22. The van der Waals surface area contributed by atoms with Crippen molar-refractivity contribution in [3.8, 4) is 23.6 Å². The second-order valence-corrected chi connectivity index (χ2v) is 9.46. The Balaban J connectivity index is 1.77. The van der Waals surface area contributed by atoms with E-state index in [1.165, 1.54) is 20.5 Å². The second-order valence-electron chi connectivity index (χ2n) is 9.46. The lowest BCUT2D eigenvalue weighted by molar-refractivity contribution is 0.102. The Morgan fingerprint density at radius 2 is 1.75 bits per heavy atom. The van der Waals surface area contributed by atoms with Crippen molar-refractivity contribution in [3.63, 3.8) is 0 Å². The third kappa shape index (κ3) is 6.63. The molecule has 36 heavy (non-hydrogen) atoms. The third-order valence-electron chi connectivity index (χ3n) is 5.28. The summed E-state index contributed by atoms with van der Waals surface area (Å²) in [4.78, 5) is 27.8. The number of hydrogen-bond donors (Lipinski definition) is 2. The van der Waals surface area contributed by atoms with Crippen LogP contribution in [0.3, 0.4) is 0 Å². The smallest absolute Gasteiger partial charge is 0.399 e. The van der Waals surface area contributed by atoms with Crippen LogP contribution in [0.25, 0.3) is 0 Å². The highest BCUT2D eigenvalue weighted by Crippen LogP contribution is 2.34. The number of carbonyl (C=O) groups excluding carboxylic acids is 1. The van der Waals surface area contributed by atoms with E-state index in [0.717, 1.165) is 17.7 Å². The van der Waals surface area contributed by atoms with E-state index < -0.39 is 5.91 Å². The molecule has 0 fully saturated rings. The summed E-state index contributed by atoms with van der Waals surface area (Å²) in [5.41, 5.74) is 2.14. The van der Waals surface area contributed by atoms with Gasteiger partial charge in [0.25, 0.3) is 5.91 Å². The number of benzene rings is 1. The number of nitrogens with one attached hydrogen (secondary N) is 2. The van der Waals surface area contributed by atoms with Crippen LogP contribution < -0.4 is 24.8 Å². The number of carbonyl (C=O) groups is 1. The van der Waals surface area contributed by atoms with Crippen molar-refractivity contribution in [2.75, 3.05) is 52.0 Å². The summed E-state index contributed by atoms with van der Waals surface area (Å²) in [6.45, 7) is 9.68. The first kappa shape index (κ1) is 26.7. The van der Waals surface area contributed by atoms with Crippen LogP contribution in [0.5, 0.6) is 23.6 Å². The molecule has 11 nitrogen and oxygen atoms in total. The van der Waals surface area contributed by atoms with Gasteiger partial charge in [0.15, 0.2) is 11.4 Å². The van der Waals surface area contributed by atoms with E-state index in [-0.39, 0.29) is 34.6 Å². The molecule has 3 rings (SSSR count). The molecule has 1 amide bonds. The Kier molecular flexibility index (Phi) is 8.36. The third-order valence-corrected chi connectivity index (χ3v) is 5.28. The van der Waals surface area contributed by atoms with E-state index in [2.05, 4.69) is 52.4 Å². The van der Waals surface area contributed by atoms with Crippen LogP contribution in [-0.2, 0) is 5.41 Å². The Morgan fingerprint density at radius 1 is 1.08 bits per heavy atom. The summed E-state index contributed by atoms with van der Waals surface area (Å²) in [7, 11) is 6.81. The van der Waals surface area contributed by atoms with Gasteiger partial charge in [0.1, 0.15) is 12.0 Å². The molecule has 0 atom stereocenters. The molecule has 0 aliphatic rings. The summed E-state index contributed by atoms with van der Waals surface area (Å²) in [5, 5.41) is 5.79. The maximum atomic E-state index is 12.9. The number of methoxy groups -OCH3 is 2. The van der Waals surface area contributed by atoms with Crippen molar-refractivity contribution in [3.05, 3.63) is 41.3 Å². The fourth-order valence-electron chi connectivity index (χ4n) is 3.15. The number of likely N-dealkylation sites (N-methyl/N-ethyl adjacent to an activating group) is 1. The quantitative estimate of drug-likeness (QED) is 0.422. The van der Waals surface area contributed by atoms with Crippen LogP contribution in [-0.4, -0.2) is 67.2 Å². The predicted molar refractivity (Wildman–Crippen MR) is 137 cm³/mol. The van der Waals surface area contributed by atoms with Crippen LogP contribution >= 0.6 is 0 Å². The summed E-state index contributed by atoms with van der Waals surface area (Å²) >= 11 is 0. The first-order chi connectivity index (χ1) is 17.0. The van der Waals surface area contributed by atoms with Gasteiger partial charge in [-0.3, -0.25) is 4.79 Å². The topological polar surface area (TPSA) is 124 Å². The summed E-state index contributed by atoms with van der Waals surface area (Å²) in [5.74, 6) is 0.621. The lowest BCUT2D eigenvalue weighted by atomic mass is 9.86. The molecule has 11 heteroatoms. The standard InChI is InChI=1S/C25H34N6O5/c1-15-9-10-16(25(2,3)4)13-18(15)36-24-27-17(14-35-24)20(32)28-19-21(33-7)29-23(30-22(19)34-8)26-11-12-31(5)6/h9-10,13-14H,11-12H2,1-8H3,(H,28,32)(H,26,29,30). The molecular weight excluding hydrogens is 464 g/mol. The highest BCUT2D eigenvalue weighted by atomic mass is 16.6. The lowest BCUT2D eigenvalue weighted by Gasteiger charge is -2.20. The molecule has 0 bridgehead atoms. The average molecular weight is 499 g/mol. The van der Waals surface area contributed by atoms with E-state index in [0.29, 0.717) is 18.2 Å². The van der Waals surface area contributed by atoms with Crippen LogP contribution in [0.4, 0.5) is 11.6 Å². The summed E-state index contributed by atoms with van der Waals surface area (Å²) in [6.07, 6.45) is 1.16. The number of aryl methyl sites for hydroxylation is 1. The average Bonchev–Trinajstić information content (AvgIpc) is 3.28. The van der Waals surface area contributed by atoms with E-state index in [9.17, 15) is 4.79 Å². The SMILES string of the molecule is COc1nc(NCCN(C)C)nc(OC)c1NC(=O)c1coc(Oc2cc(C(C)(C)C)ccc2C)n1. The van der Waals surface area contributed by atoms with Crippen molar-refractivity contribution in [2.24, 2.45) is 0 Å². The van der Waals surface area contributed by atoms with E-state index in [4.69, 9.17) is 18.6 Å². The normalized spacial score (nSPS) is 11.4.